The molecule has 0 amide bonds. The van der Waals surface area contributed by atoms with E-state index in [2.05, 4.69) is 66.7 Å². The Hall–Kier alpha value is -2.78. The van der Waals surface area contributed by atoms with Crippen molar-refractivity contribution in [2.24, 2.45) is 0 Å². The van der Waals surface area contributed by atoms with E-state index in [-0.39, 0.29) is 0 Å². The lowest BCUT2D eigenvalue weighted by molar-refractivity contribution is 0.210. The highest BCUT2D eigenvalue weighted by Gasteiger charge is 2.26. The minimum Gasteiger partial charge on any atom is -0.383 e. The first-order valence-electron chi connectivity index (χ1n) is 9.37. The van der Waals surface area contributed by atoms with Crippen LogP contribution in [0, 0.1) is 0 Å². The van der Waals surface area contributed by atoms with Crippen molar-refractivity contribution in [2.75, 3.05) is 51.1 Å². The van der Waals surface area contributed by atoms with Gasteiger partial charge in [-0.3, -0.25) is 4.90 Å². The van der Waals surface area contributed by atoms with Crippen molar-refractivity contribution < 1.29 is 9.37 Å². The van der Waals surface area contributed by atoms with Gasteiger partial charge in [-0.2, -0.15) is 0 Å². The van der Waals surface area contributed by atoms with Crippen molar-refractivity contribution in [3.63, 3.8) is 0 Å². The molecule has 9 nitrogen and oxygen atoms in total. The average Bonchev–Trinajstić information content (AvgIpc) is 3.15. The SMILES string of the molecule is COCCNc1nc2nonc2nc1N(C)CC1Cc2ccccc2CN1C. The lowest BCUT2D eigenvalue weighted by Gasteiger charge is -2.36. The molecule has 148 valence electrons. The quantitative estimate of drug-likeness (QED) is 0.610. The Morgan fingerprint density at radius 2 is 1.96 bits per heavy atom. The van der Waals surface area contributed by atoms with Gasteiger partial charge in [-0.25, -0.2) is 14.6 Å². The monoisotopic (exact) mass is 383 g/mol. The predicted molar refractivity (Wildman–Crippen MR) is 106 cm³/mol. The summed E-state index contributed by atoms with van der Waals surface area (Å²) in [6.07, 6.45) is 1.00. The first-order valence-corrected chi connectivity index (χ1v) is 9.37. The van der Waals surface area contributed by atoms with Crippen LogP contribution in [-0.4, -0.2) is 72.1 Å². The minimum atomic E-state index is 0.375. The van der Waals surface area contributed by atoms with Crippen molar-refractivity contribution in [3.05, 3.63) is 35.4 Å². The molecule has 4 rings (SSSR count). The third-order valence-corrected chi connectivity index (χ3v) is 5.16. The number of fused-ring (bicyclic) bond motifs is 2. The summed E-state index contributed by atoms with van der Waals surface area (Å²) in [7, 11) is 5.86. The van der Waals surface area contributed by atoms with Gasteiger partial charge in [0.1, 0.15) is 0 Å². The zero-order valence-electron chi connectivity index (χ0n) is 16.4. The second-order valence-corrected chi connectivity index (χ2v) is 7.15. The van der Waals surface area contributed by atoms with E-state index < -0.39 is 0 Å². The highest BCUT2D eigenvalue weighted by atomic mass is 16.6. The Kier molecular flexibility index (Phi) is 5.36. The summed E-state index contributed by atoms with van der Waals surface area (Å²) >= 11 is 0. The molecule has 0 saturated carbocycles. The van der Waals surface area contributed by atoms with Crippen LogP contribution in [0.1, 0.15) is 11.1 Å². The number of rotatable bonds is 7. The van der Waals surface area contributed by atoms with Gasteiger partial charge in [0, 0.05) is 39.8 Å². The summed E-state index contributed by atoms with van der Waals surface area (Å²) in [5.41, 5.74) is 3.61. The van der Waals surface area contributed by atoms with Gasteiger partial charge in [0.2, 0.25) is 11.3 Å². The number of likely N-dealkylation sites (N-methyl/N-ethyl adjacent to an activating group) is 2. The number of aromatic nitrogens is 4. The number of nitrogens with one attached hydrogen (secondary N) is 1. The molecule has 2 aromatic heterocycles. The predicted octanol–water partition coefficient (Wildman–Crippen LogP) is 1.56. The van der Waals surface area contributed by atoms with Gasteiger partial charge in [0.15, 0.2) is 11.6 Å². The van der Waals surface area contributed by atoms with E-state index in [0.717, 1.165) is 25.3 Å². The zero-order valence-corrected chi connectivity index (χ0v) is 16.4. The molecule has 9 heteroatoms. The van der Waals surface area contributed by atoms with Gasteiger partial charge in [-0.15, -0.1) is 0 Å². The van der Waals surface area contributed by atoms with Crippen molar-refractivity contribution in [2.45, 2.75) is 19.0 Å². The molecule has 0 bridgehead atoms. The smallest absolute Gasteiger partial charge is 0.245 e. The fourth-order valence-corrected chi connectivity index (χ4v) is 3.61. The fourth-order valence-electron chi connectivity index (χ4n) is 3.61. The molecule has 0 saturated heterocycles. The molecular weight excluding hydrogens is 358 g/mol. The number of benzene rings is 1. The summed E-state index contributed by atoms with van der Waals surface area (Å²) in [6, 6.07) is 9.02. The maximum Gasteiger partial charge on any atom is 0.245 e. The number of nitrogens with zero attached hydrogens (tertiary/aromatic N) is 6. The normalized spacial score (nSPS) is 16.9. The van der Waals surface area contributed by atoms with Crippen LogP contribution in [0.3, 0.4) is 0 Å². The Balaban J connectivity index is 1.56. The number of anilines is 2. The molecule has 3 aromatic rings. The highest BCUT2D eigenvalue weighted by Crippen LogP contribution is 2.26. The third-order valence-electron chi connectivity index (χ3n) is 5.16. The third kappa shape index (κ3) is 3.76. The van der Waals surface area contributed by atoms with Crippen molar-refractivity contribution in [1.29, 1.82) is 0 Å². The fraction of sp³-hybridized carbons (Fsp3) is 0.474. The second kappa shape index (κ2) is 8.07. The maximum atomic E-state index is 5.13. The van der Waals surface area contributed by atoms with E-state index in [9.17, 15) is 0 Å². The molecule has 1 aliphatic rings. The van der Waals surface area contributed by atoms with Crippen LogP contribution in [0.25, 0.3) is 11.3 Å². The number of hydrogen-bond acceptors (Lipinski definition) is 9. The second-order valence-electron chi connectivity index (χ2n) is 7.15. The lowest BCUT2D eigenvalue weighted by atomic mass is 9.94. The van der Waals surface area contributed by atoms with E-state index in [1.54, 1.807) is 7.11 Å². The van der Waals surface area contributed by atoms with E-state index in [1.165, 1.54) is 11.1 Å². The van der Waals surface area contributed by atoms with Crippen molar-refractivity contribution in [1.82, 2.24) is 25.2 Å². The van der Waals surface area contributed by atoms with Crippen LogP contribution >= 0.6 is 0 Å². The summed E-state index contributed by atoms with van der Waals surface area (Å²) in [5, 5.41) is 10.9. The minimum absolute atomic E-state index is 0.375. The van der Waals surface area contributed by atoms with E-state index in [1.807, 2.05) is 7.05 Å². The molecule has 0 radical (unpaired) electrons. The van der Waals surface area contributed by atoms with Crippen LogP contribution < -0.4 is 10.2 Å². The van der Waals surface area contributed by atoms with Gasteiger partial charge in [-0.05, 0) is 34.9 Å². The van der Waals surface area contributed by atoms with E-state index in [0.29, 0.717) is 36.3 Å². The molecule has 28 heavy (non-hydrogen) atoms. The van der Waals surface area contributed by atoms with Crippen molar-refractivity contribution >= 4 is 22.9 Å². The van der Waals surface area contributed by atoms with Gasteiger partial charge >= 0.3 is 0 Å². The van der Waals surface area contributed by atoms with Gasteiger partial charge in [0.25, 0.3) is 0 Å². The lowest BCUT2D eigenvalue weighted by Crippen LogP contribution is -2.45. The molecule has 1 aromatic carbocycles. The summed E-state index contributed by atoms with van der Waals surface area (Å²) < 4.78 is 9.91. The first kappa shape index (κ1) is 18.6. The van der Waals surface area contributed by atoms with Gasteiger partial charge in [-0.1, -0.05) is 24.3 Å². The number of ether oxygens (including phenoxy) is 1. The molecule has 0 spiro atoms. The molecule has 0 fully saturated rings. The summed E-state index contributed by atoms with van der Waals surface area (Å²) in [4.78, 5) is 13.7. The highest BCUT2D eigenvalue weighted by molar-refractivity contribution is 5.73. The van der Waals surface area contributed by atoms with Crippen LogP contribution in [0.15, 0.2) is 28.9 Å². The largest absolute Gasteiger partial charge is 0.383 e. The van der Waals surface area contributed by atoms with Crippen LogP contribution in [0.5, 0.6) is 0 Å². The molecule has 1 unspecified atom stereocenters. The van der Waals surface area contributed by atoms with Crippen LogP contribution in [0.4, 0.5) is 11.6 Å². The Bertz CT molecular complexity index is 945. The molecule has 0 aliphatic carbocycles. The van der Waals surface area contributed by atoms with Gasteiger partial charge < -0.3 is 15.0 Å². The van der Waals surface area contributed by atoms with Crippen LogP contribution in [-0.2, 0) is 17.7 Å². The van der Waals surface area contributed by atoms with E-state index >= 15 is 0 Å². The number of methoxy groups -OCH3 is 1. The molecule has 1 atom stereocenters. The molecule has 1 aliphatic heterocycles. The van der Waals surface area contributed by atoms with Gasteiger partial charge in [0.05, 0.1) is 6.61 Å². The number of hydrogen-bond donors (Lipinski definition) is 1. The summed E-state index contributed by atoms with van der Waals surface area (Å²) in [5.74, 6) is 1.38. The Morgan fingerprint density at radius 3 is 2.75 bits per heavy atom. The maximum absolute atomic E-state index is 5.13. The van der Waals surface area contributed by atoms with E-state index in [4.69, 9.17) is 9.37 Å². The molecular formula is C19H25N7O2. The topological polar surface area (TPSA) is 92.4 Å². The van der Waals surface area contributed by atoms with Crippen molar-refractivity contribution in [3.8, 4) is 0 Å². The molecule has 3 heterocycles. The standard InChI is InChI=1S/C19H25N7O2/c1-25-11-14-7-5-4-6-13(14)10-15(25)12-26(2)19-18(20-8-9-27-3)21-16-17(22-19)24-28-23-16/h4-7,15H,8-12H2,1-3H3,(H,20,21,23). The zero-order chi connectivity index (χ0) is 19.5. The first-order chi connectivity index (χ1) is 13.7. The average molecular weight is 383 g/mol. The Morgan fingerprint density at radius 1 is 1.21 bits per heavy atom. The Labute approximate surface area is 163 Å². The summed E-state index contributed by atoms with van der Waals surface area (Å²) in [6.45, 7) is 2.96. The van der Waals surface area contributed by atoms with Crippen LogP contribution in [0.2, 0.25) is 0 Å². The molecule has 1 N–H and O–H groups in total.